The maximum atomic E-state index is 12.9. The number of carbonyl (C=O) groups is 1. The monoisotopic (exact) mass is 354 g/mol. The molecule has 0 spiro atoms. The highest BCUT2D eigenvalue weighted by Crippen LogP contribution is 2.39. The summed E-state index contributed by atoms with van der Waals surface area (Å²) in [5.74, 6) is 1.63. The van der Waals surface area contributed by atoms with Crippen LogP contribution in [0.4, 0.5) is 5.69 Å². The number of rotatable bonds is 4. The lowest BCUT2D eigenvalue weighted by Crippen LogP contribution is -2.63. The molecule has 1 unspecified atom stereocenters. The fourth-order valence-corrected chi connectivity index (χ4v) is 3.39. The molecule has 6 heteroatoms. The van der Waals surface area contributed by atoms with Crippen LogP contribution in [0, 0.1) is 6.92 Å². The van der Waals surface area contributed by atoms with Gasteiger partial charge in [0.05, 0.1) is 5.54 Å². The molecular formula is C20H22N2O4. The van der Waals surface area contributed by atoms with E-state index in [1.54, 1.807) is 18.2 Å². The molecule has 1 fully saturated rings. The van der Waals surface area contributed by atoms with Gasteiger partial charge in [-0.15, -0.1) is 0 Å². The zero-order chi connectivity index (χ0) is 18.3. The minimum absolute atomic E-state index is 0.0725. The van der Waals surface area contributed by atoms with Gasteiger partial charge in [-0.3, -0.25) is 9.69 Å². The largest absolute Gasteiger partial charge is 0.508 e. The van der Waals surface area contributed by atoms with Gasteiger partial charge in [-0.2, -0.15) is 0 Å². The van der Waals surface area contributed by atoms with E-state index in [0.29, 0.717) is 12.2 Å². The first kappa shape index (κ1) is 16.7. The van der Waals surface area contributed by atoms with E-state index in [0.717, 1.165) is 35.6 Å². The number of hydrogen-bond donors (Lipinski definition) is 2. The van der Waals surface area contributed by atoms with Crippen LogP contribution in [0.15, 0.2) is 36.4 Å². The molecule has 6 nitrogen and oxygen atoms in total. The van der Waals surface area contributed by atoms with Crippen LogP contribution in [0.5, 0.6) is 17.2 Å². The molecule has 0 radical (unpaired) electrons. The summed E-state index contributed by atoms with van der Waals surface area (Å²) in [6.45, 7) is 5.46. The predicted octanol–water partition coefficient (Wildman–Crippen LogP) is 3.03. The number of phenols is 1. The topological polar surface area (TPSA) is 71.0 Å². The maximum absolute atomic E-state index is 12.9. The Morgan fingerprint density at radius 2 is 2.15 bits per heavy atom. The van der Waals surface area contributed by atoms with Crippen molar-refractivity contribution in [3.63, 3.8) is 0 Å². The normalized spacial score (nSPS) is 21.3. The number of amides is 1. The average Bonchev–Trinajstić information content (AvgIpc) is 3.10. The Hall–Kier alpha value is -2.73. The Balaban J connectivity index is 1.49. The van der Waals surface area contributed by atoms with Crippen molar-refractivity contribution in [2.45, 2.75) is 32.4 Å². The second-order valence-corrected chi connectivity index (χ2v) is 7.05. The summed E-state index contributed by atoms with van der Waals surface area (Å²) >= 11 is 0. The Labute approximate surface area is 152 Å². The molecule has 2 N–H and O–H groups in total. The van der Waals surface area contributed by atoms with Crippen molar-refractivity contribution >= 4 is 11.6 Å². The van der Waals surface area contributed by atoms with E-state index in [2.05, 4.69) is 10.2 Å². The number of likely N-dealkylation sites (tertiary alicyclic amines) is 1. The van der Waals surface area contributed by atoms with E-state index in [9.17, 15) is 9.90 Å². The van der Waals surface area contributed by atoms with E-state index >= 15 is 0 Å². The highest BCUT2D eigenvalue weighted by Gasteiger charge is 2.47. The first-order valence-corrected chi connectivity index (χ1v) is 8.71. The molecule has 2 aromatic carbocycles. The van der Waals surface area contributed by atoms with Crippen molar-refractivity contribution in [2.24, 2.45) is 0 Å². The van der Waals surface area contributed by atoms with Crippen molar-refractivity contribution in [1.29, 1.82) is 0 Å². The zero-order valence-electron chi connectivity index (χ0n) is 14.9. The Bertz CT molecular complexity index is 867. The number of benzene rings is 2. The molecule has 1 amide bonds. The van der Waals surface area contributed by atoms with Crippen molar-refractivity contribution in [3.05, 3.63) is 47.5 Å². The summed E-state index contributed by atoms with van der Waals surface area (Å²) in [4.78, 5) is 15.0. The van der Waals surface area contributed by atoms with Gasteiger partial charge >= 0.3 is 0 Å². The van der Waals surface area contributed by atoms with E-state index in [-0.39, 0.29) is 18.4 Å². The van der Waals surface area contributed by atoms with Gasteiger partial charge in [0.25, 0.3) is 0 Å². The van der Waals surface area contributed by atoms with Gasteiger partial charge in [-0.05, 0) is 38.0 Å². The van der Waals surface area contributed by atoms with Gasteiger partial charge in [-0.1, -0.05) is 18.2 Å². The maximum Gasteiger partial charge on any atom is 0.244 e. The summed E-state index contributed by atoms with van der Waals surface area (Å²) in [7, 11) is 0. The van der Waals surface area contributed by atoms with Crippen molar-refractivity contribution in [2.75, 3.05) is 18.7 Å². The van der Waals surface area contributed by atoms with Crippen LogP contribution in [0.2, 0.25) is 0 Å². The molecular weight excluding hydrogens is 332 g/mol. The minimum atomic E-state index is -0.595. The third-order valence-electron chi connectivity index (χ3n) is 5.36. The molecule has 0 bridgehead atoms. The molecule has 0 aliphatic carbocycles. The van der Waals surface area contributed by atoms with Crippen LogP contribution in [0.3, 0.4) is 0 Å². The van der Waals surface area contributed by atoms with Gasteiger partial charge in [0.15, 0.2) is 11.5 Å². The van der Waals surface area contributed by atoms with Gasteiger partial charge in [0.2, 0.25) is 12.7 Å². The summed E-state index contributed by atoms with van der Waals surface area (Å²) in [6, 6.07) is 11.0. The second-order valence-electron chi connectivity index (χ2n) is 7.05. The standard InChI is InChI=1S/C20H22N2O4/c1-13-6-7-15(10-16(13)23)21-19(24)20(2)8-9-22(20)11-14-4-3-5-17-18(14)26-12-25-17/h3-7,10,23H,8-9,11-12H2,1-2H3,(H,21,24). The molecule has 26 heavy (non-hydrogen) atoms. The summed E-state index contributed by atoms with van der Waals surface area (Å²) in [5.41, 5.74) is 1.80. The lowest BCUT2D eigenvalue weighted by molar-refractivity contribution is -0.136. The van der Waals surface area contributed by atoms with Gasteiger partial charge < -0.3 is 19.9 Å². The molecule has 136 valence electrons. The number of ether oxygens (including phenoxy) is 2. The van der Waals surface area contributed by atoms with Crippen LogP contribution in [-0.2, 0) is 11.3 Å². The quantitative estimate of drug-likeness (QED) is 0.883. The first-order chi connectivity index (χ1) is 12.5. The van der Waals surface area contributed by atoms with Crippen molar-refractivity contribution < 1.29 is 19.4 Å². The van der Waals surface area contributed by atoms with E-state index < -0.39 is 5.54 Å². The number of nitrogens with one attached hydrogen (secondary N) is 1. The number of carbonyl (C=O) groups excluding carboxylic acids is 1. The van der Waals surface area contributed by atoms with E-state index in [1.165, 1.54) is 0 Å². The molecule has 1 saturated heterocycles. The minimum Gasteiger partial charge on any atom is -0.508 e. The lowest BCUT2D eigenvalue weighted by atomic mass is 9.85. The third-order valence-corrected chi connectivity index (χ3v) is 5.36. The predicted molar refractivity (Wildman–Crippen MR) is 97.5 cm³/mol. The number of fused-ring (bicyclic) bond motifs is 1. The summed E-state index contributed by atoms with van der Waals surface area (Å²) in [5, 5.41) is 12.8. The molecule has 1 atom stereocenters. The third kappa shape index (κ3) is 2.76. The summed E-state index contributed by atoms with van der Waals surface area (Å²) in [6.07, 6.45) is 0.781. The number of hydrogen-bond acceptors (Lipinski definition) is 5. The highest BCUT2D eigenvalue weighted by molar-refractivity contribution is 5.98. The Morgan fingerprint density at radius 1 is 1.31 bits per heavy atom. The van der Waals surface area contributed by atoms with Crippen LogP contribution in [0.25, 0.3) is 0 Å². The van der Waals surface area contributed by atoms with Crippen LogP contribution < -0.4 is 14.8 Å². The number of anilines is 1. The van der Waals surface area contributed by atoms with Gasteiger partial charge in [0, 0.05) is 30.4 Å². The Morgan fingerprint density at radius 3 is 2.88 bits per heavy atom. The fraction of sp³-hybridized carbons (Fsp3) is 0.350. The first-order valence-electron chi connectivity index (χ1n) is 8.71. The molecule has 2 aliphatic heterocycles. The van der Waals surface area contributed by atoms with Crippen LogP contribution >= 0.6 is 0 Å². The fourth-order valence-electron chi connectivity index (χ4n) is 3.39. The Kier molecular flexibility index (Phi) is 4.00. The molecule has 0 aromatic heterocycles. The number of aryl methyl sites for hydroxylation is 1. The van der Waals surface area contributed by atoms with Crippen LogP contribution in [0.1, 0.15) is 24.5 Å². The SMILES string of the molecule is Cc1ccc(NC(=O)C2(C)CCN2Cc2cccc3c2OCO3)cc1O. The molecule has 2 aliphatic rings. The highest BCUT2D eigenvalue weighted by atomic mass is 16.7. The van der Waals surface area contributed by atoms with Crippen LogP contribution in [-0.4, -0.2) is 34.8 Å². The zero-order valence-corrected chi connectivity index (χ0v) is 14.9. The second kappa shape index (κ2) is 6.21. The number of para-hydroxylation sites is 1. The molecule has 2 heterocycles. The molecule has 0 saturated carbocycles. The van der Waals surface area contributed by atoms with Crippen molar-refractivity contribution in [1.82, 2.24) is 4.90 Å². The average molecular weight is 354 g/mol. The molecule has 2 aromatic rings. The van der Waals surface area contributed by atoms with E-state index in [1.807, 2.05) is 32.0 Å². The summed E-state index contributed by atoms with van der Waals surface area (Å²) < 4.78 is 11.0. The van der Waals surface area contributed by atoms with E-state index in [4.69, 9.17) is 9.47 Å². The number of nitrogens with zero attached hydrogens (tertiary/aromatic N) is 1. The van der Waals surface area contributed by atoms with Crippen molar-refractivity contribution in [3.8, 4) is 17.2 Å². The number of aromatic hydroxyl groups is 1. The lowest BCUT2D eigenvalue weighted by Gasteiger charge is -2.49. The van der Waals surface area contributed by atoms with Gasteiger partial charge in [-0.25, -0.2) is 0 Å². The van der Waals surface area contributed by atoms with Gasteiger partial charge in [0.1, 0.15) is 5.75 Å². The molecule has 4 rings (SSSR count). The smallest absolute Gasteiger partial charge is 0.244 e. The number of phenolic OH excluding ortho intramolecular Hbond substituents is 1.